The number of imide groups is 1. The fourth-order valence-electron chi connectivity index (χ4n) is 4.88. The zero-order valence-electron chi connectivity index (χ0n) is 19.4. The highest BCUT2D eigenvalue weighted by atomic mass is 32.1. The average Bonchev–Trinajstić information content (AvgIpc) is 3.44. The quantitative estimate of drug-likeness (QED) is 0.407. The van der Waals surface area contributed by atoms with Crippen LogP contribution in [0.2, 0.25) is 0 Å². The van der Waals surface area contributed by atoms with Gasteiger partial charge in [0.05, 0.1) is 28.4 Å². The Morgan fingerprint density at radius 3 is 2.49 bits per heavy atom. The molecule has 2 fully saturated rings. The number of anilines is 2. The highest BCUT2D eigenvalue weighted by Gasteiger charge is 2.43. The van der Waals surface area contributed by atoms with Crippen LogP contribution >= 0.6 is 11.3 Å². The smallest absolute Gasteiger partial charge is 0.251 e. The Morgan fingerprint density at radius 2 is 1.74 bits per heavy atom. The van der Waals surface area contributed by atoms with E-state index in [-0.39, 0.29) is 18.2 Å². The molecular weight excluding hydrogens is 458 g/mol. The number of hydrogen-bond donors (Lipinski definition) is 0. The highest BCUT2D eigenvalue weighted by molar-refractivity contribution is 7.21. The van der Waals surface area contributed by atoms with Crippen molar-refractivity contribution in [3.05, 3.63) is 72.4 Å². The van der Waals surface area contributed by atoms with Gasteiger partial charge < -0.3 is 4.90 Å². The first kappa shape index (κ1) is 21.9. The average molecular weight is 484 g/mol. The maximum atomic E-state index is 13.3. The Balaban J connectivity index is 1.16. The van der Waals surface area contributed by atoms with E-state index in [1.165, 1.54) is 10.5 Å². The Labute approximate surface area is 207 Å². The Hall–Kier alpha value is -3.62. The molecule has 6 rings (SSSR count). The number of rotatable bonds is 4. The molecule has 1 unspecified atom stereocenters. The highest BCUT2D eigenvalue weighted by Crippen LogP contribution is 2.33. The molecular formula is C27H25N5O2S. The van der Waals surface area contributed by atoms with Crippen LogP contribution in [0.3, 0.4) is 0 Å². The van der Waals surface area contributed by atoms with Crippen molar-refractivity contribution in [2.24, 2.45) is 0 Å². The van der Waals surface area contributed by atoms with Gasteiger partial charge >= 0.3 is 0 Å². The van der Waals surface area contributed by atoms with E-state index in [4.69, 9.17) is 4.98 Å². The van der Waals surface area contributed by atoms with Crippen molar-refractivity contribution in [2.45, 2.75) is 19.4 Å². The minimum absolute atomic E-state index is 0.135. The zero-order valence-corrected chi connectivity index (χ0v) is 20.2. The number of hydrogen-bond acceptors (Lipinski definition) is 7. The molecule has 4 heterocycles. The van der Waals surface area contributed by atoms with Crippen molar-refractivity contribution in [2.75, 3.05) is 36.0 Å². The molecule has 2 aliphatic rings. The number of nitrogens with zero attached hydrogens (tertiary/aromatic N) is 5. The van der Waals surface area contributed by atoms with E-state index >= 15 is 0 Å². The summed E-state index contributed by atoms with van der Waals surface area (Å²) in [6, 6.07) is 19.3. The van der Waals surface area contributed by atoms with Gasteiger partial charge in [0.25, 0.3) is 5.91 Å². The standard InChI is InChI=1S/C27H25N5O2S/c1-18-5-10-21-23(16-18)35-26(29-21)19-6-8-20(9-7-19)32-25(33)17-22(27(32)34)30-12-14-31(15-13-30)24-4-2-3-11-28-24/h2-11,16,22H,12-15,17H2,1H3. The number of amides is 2. The van der Waals surface area contributed by atoms with Gasteiger partial charge in [-0.1, -0.05) is 12.1 Å². The monoisotopic (exact) mass is 483 g/mol. The third-order valence-corrected chi connectivity index (χ3v) is 7.83. The number of aryl methyl sites for hydroxylation is 1. The van der Waals surface area contributed by atoms with E-state index in [0.717, 1.165) is 52.8 Å². The minimum atomic E-state index is -0.402. The van der Waals surface area contributed by atoms with Crippen LogP contribution in [0.5, 0.6) is 0 Å². The van der Waals surface area contributed by atoms with Crippen LogP contribution in [-0.4, -0.2) is 58.9 Å². The lowest BCUT2D eigenvalue weighted by Crippen LogP contribution is -2.52. The normalized spacial score (nSPS) is 19.2. The number of pyridine rings is 1. The van der Waals surface area contributed by atoms with Gasteiger partial charge in [0.1, 0.15) is 10.8 Å². The number of piperazine rings is 1. The van der Waals surface area contributed by atoms with E-state index in [1.807, 2.05) is 48.5 Å². The van der Waals surface area contributed by atoms with E-state index in [1.54, 1.807) is 17.5 Å². The summed E-state index contributed by atoms with van der Waals surface area (Å²) >= 11 is 1.65. The lowest BCUT2D eigenvalue weighted by Gasteiger charge is -2.37. The molecule has 2 aromatic carbocycles. The van der Waals surface area contributed by atoms with Gasteiger partial charge in [-0.3, -0.25) is 14.5 Å². The van der Waals surface area contributed by atoms with Crippen molar-refractivity contribution < 1.29 is 9.59 Å². The fourth-order valence-corrected chi connectivity index (χ4v) is 5.95. The number of aromatic nitrogens is 2. The molecule has 0 bridgehead atoms. The van der Waals surface area contributed by atoms with Crippen LogP contribution in [-0.2, 0) is 9.59 Å². The molecule has 2 aromatic heterocycles. The zero-order chi connectivity index (χ0) is 23.9. The summed E-state index contributed by atoms with van der Waals surface area (Å²) in [6.07, 6.45) is 2.02. The Bertz CT molecular complexity index is 1390. The van der Waals surface area contributed by atoms with Gasteiger partial charge in [-0.2, -0.15) is 0 Å². The molecule has 4 aromatic rings. The second-order valence-electron chi connectivity index (χ2n) is 9.04. The number of fused-ring (bicyclic) bond motifs is 1. The topological polar surface area (TPSA) is 69.6 Å². The molecule has 0 spiro atoms. The van der Waals surface area contributed by atoms with Crippen LogP contribution in [0, 0.1) is 6.92 Å². The van der Waals surface area contributed by atoms with E-state index < -0.39 is 6.04 Å². The first-order valence-electron chi connectivity index (χ1n) is 11.8. The molecule has 0 aliphatic carbocycles. The molecule has 0 N–H and O–H groups in total. The summed E-state index contributed by atoms with van der Waals surface area (Å²) in [6.45, 7) is 5.09. The molecule has 2 aliphatic heterocycles. The predicted molar refractivity (Wildman–Crippen MR) is 139 cm³/mol. The number of thiazole rings is 1. The van der Waals surface area contributed by atoms with Gasteiger partial charge in [-0.25, -0.2) is 14.9 Å². The lowest BCUT2D eigenvalue weighted by molar-refractivity contribution is -0.123. The number of carbonyl (C=O) groups is 2. The predicted octanol–water partition coefficient (Wildman–Crippen LogP) is 4.12. The Kier molecular flexibility index (Phi) is 5.54. The first-order chi connectivity index (χ1) is 17.1. The van der Waals surface area contributed by atoms with Crippen molar-refractivity contribution in [3.63, 3.8) is 0 Å². The van der Waals surface area contributed by atoms with Crippen LogP contribution in [0.25, 0.3) is 20.8 Å². The van der Waals surface area contributed by atoms with Crippen molar-refractivity contribution in [3.8, 4) is 10.6 Å². The number of carbonyl (C=O) groups excluding carboxylic acids is 2. The second kappa shape index (κ2) is 8.87. The maximum Gasteiger partial charge on any atom is 0.251 e. The van der Waals surface area contributed by atoms with Crippen LogP contribution < -0.4 is 9.80 Å². The molecule has 2 saturated heterocycles. The Morgan fingerprint density at radius 1 is 0.943 bits per heavy atom. The minimum Gasteiger partial charge on any atom is -0.354 e. The van der Waals surface area contributed by atoms with Gasteiger partial charge in [0.15, 0.2) is 0 Å². The number of benzene rings is 2. The molecule has 1 atom stereocenters. The summed E-state index contributed by atoms with van der Waals surface area (Å²) in [5, 5.41) is 0.930. The summed E-state index contributed by atoms with van der Waals surface area (Å²) < 4.78 is 1.15. The SMILES string of the molecule is Cc1ccc2nc(-c3ccc(N4C(=O)CC(N5CCN(c6ccccn6)CC5)C4=O)cc3)sc2c1. The van der Waals surface area contributed by atoms with E-state index in [0.29, 0.717) is 5.69 Å². The third kappa shape index (κ3) is 4.09. The van der Waals surface area contributed by atoms with E-state index in [2.05, 4.69) is 33.8 Å². The summed E-state index contributed by atoms with van der Waals surface area (Å²) in [5.74, 6) is 0.672. The van der Waals surface area contributed by atoms with Gasteiger partial charge in [0.2, 0.25) is 5.91 Å². The fraction of sp³-hybridized carbons (Fsp3) is 0.259. The van der Waals surface area contributed by atoms with Gasteiger partial charge in [-0.15, -0.1) is 11.3 Å². The van der Waals surface area contributed by atoms with Crippen LogP contribution in [0.15, 0.2) is 66.9 Å². The lowest BCUT2D eigenvalue weighted by atomic mass is 10.1. The molecule has 176 valence electrons. The molecule has 8 heteroatoms. The summed E-state index contributed by atoms with van der Waals surface area (Å²) in [7, 11) is 0. The van der Waals surface area contributed by atoms with Gasteiger partial charge in [-0.05, 0) is 61.0 Å². The van der Waals surface area contributed by atoms with Crippen LogP contribution in [0.1, 0.15) is 12.0 Å². The second-order valence-corrected chi connectivity index (χ2v) is 10.1. The molecule has 0 radical (unpaired) electrons. The maximum absolute atomic E-state index is 13.3. The summed E-state index contributed by atoms with van der Waals surface area (Å²) in [4.78, 5) is 41.0. The molecule has 7 nitrogen and oxygen atoms in total. The van der Waals surface area contributed by atoms with Crippen molar-refractivity contribution in [1.82, 2.24) is 14.9 Å². The molecule has 0 saturated carbocycles. The molecule has 35 heavy (non-hydrogen) atoms. The van der Waals surface area contributed by atoms with Crippen LogP contribution in [0.4, 0.5) is 11.5 Å². The third-order valence-electron chi connectivity index (χ3n) is 6.77. The van der Waals surface area contributed by atoms with Gasteiger partial charge in [0, 0.05) is 37.9 Å². The first-order valence-corrected chi connectivity index (χ1v) is 12.6. The largest absolute Gasteiger partial charge is 0.354 e. The molecule has 2 amide bonds. The van der Waals surface area contributed by atoms with Crippen molar-refractivity contribution in [1.29, 1.82) is 0 Å². The summed E-state index contributed by atoms with van der Waals surface area (Å²) in [5.41, 5.74) is 3.79. The van der Waals surface area contributed by atoms with E-state index in [9.17, 15) is 9.59 Å². The van der Waals surface area contributed by atoms with Crippen molar-refractivity contribution >= 4 is 44.9 Å².